The molecule has 3 rings (SSSR count). The van der Waals surface area contributed by atoms with E-state index < -0.39 is 24.2 Å². The first-order valence-corrected chi connectivity index (χ1v) is 8.40. The predicted molar refractivity (Wildman–Crippen MR) is 95.9 cm³/mol. The van der Waals surface area contributed by atoms with Crippen molar-refractivity contribution in [1.29, 1.82) is 0 Å². The molecule has 6 nitrogen and oxygen atoms in total. The van der Waals surface area contributed by atoms with Gasteiger partial charge in [-0.3, -0.25) is 4.90 Å². The van der Waals surface area contributed by atoms with Crippen LogP contribution in [0.25, 0.3) is 11.1 Å². The SMILES string of the molecule is C[C@@H](O)[C@H](C(=O)O)N(C)C(=O)OCC1c2ccccc2-c2ccccc21. The van der Waals surface area contributed by atoms with Crippen LogP contribution in [0.4, 0.5) is 4.79 Å². The molecule has 0 aromatic heterocycles. The number of hydrogen-bond donors (Lipinski definition) is 2. The molecule has 0 radical (unpaired) electrons. The molecule has 136 valence electrons. The smallest absolute Gasteiger partial charge is 0.410 e. The molecule has 1 amide bonds. The fraction of sp³-hybridized carbons (Fsp3) is 0.300. The van der Waals surface area contributed by atoms with Gasteiger partial charge in [0.1, 0.15) is 6.61 Å². The van der Waals surface area contributed by atoms with Crippen molar-refractivity contribution in [2.45, 2.75) is 25.0 Å². The highest BCUT2D eigenvalue weighted by Gasteiger charge is 2.33. The summed E-state index contributed by atoms with van der Waals surface area (Å²) >= 11 is 0. The van der Waals surface area contributed by atoms with Crippen molar-refractivity contribution in [3.05, 3.63) is 59.7 Å². The lowest BCUT2D eigenvalue weighted by atomic mass is 9.98. The van der Waals surface area contributed by atoms with Crippen LogP contribution >= 0.6 is 0 Å². The van der Waals surface area contributed by atoms with Crippen molar-refractivity contribution in [2.75, 3.05) is 13.7 Å². The summed E-state index contributed by atoms with van der Waals surface area (Å²) in [6, 6.07) is 14.6. The second-order valence-corrected chi connectivity index (χ2v) is 6.44. The molecule has 26 heavy (non-hydrogen) atoms. The van der Waals surface area contributed by atoms with Gasteiger partial charge in [-0.25, -0.2) is 9.59 Å². The van der Waals surface area contributed by atoms with E-state index in [2.05, 4.69) is 0 Å². The van der Waals surface area contributed by atoms with E-state index in [0.717, 1.165) is 27.2 Å². The molecule has 6 heteroatoms. The van der Waals surface area contributed by atoms with Gasteiger partial charge in [0, 0.05) is 13.0 Å². The minimum atomic E-state index is -1.36. The monoisotopic (exact) mass is 355 g/mol. The predicted octanol–water partition coefficient (Wildman–Crippen LogP) is 2.70. The maximum Gasteiger partial charge on any atom is 0.410 e. The first-order valence-electron chi connectivity index (χ1n) is 8.40. The molecule has 0 spiro atoms. The highest BCUT2D eigenvalue weighted by atomic mass is 16.6. The molecule has 0 fully saturated rings. The van der Waals surface area contributed by atoms with E-state index in [9.17, 15) is 19.8 Å². The first kappa shape index (κ1) is 17.9. The molecule has 0 heterocycles. The van der Waals surface area contributed by atoms with Crippen LogP contribution in [0, 0.1) is 0 Å². The summed E-state index contributed by atoms with van der Waals surface area (Å²) in [7, 11) is 1.31. The number of aliphatic hydroxyl groups excluding tert-OH is 1. The Balaban J connectivity index is 1.78. The van der Waals surface area contributed by atoms with Gasteiger partial charge < -0.3 is 14.9 Å². The number of fused-ring (bicyclic) bond motifs is 3. The van der Waals surface area contributed by atoms with Crippen molar-refractivity contribution < 1.29 is 24.5 Å². The van der Waals surface area contributed by atoms with Gasteiger partial charge >= 0.3 is 12.1 Å². The van der Waals surface area contributed by atoms with Crippen LogP contribution in [0.3, 0.4) is 0 Å². The van der Waals surface area contributed by atoms with Gasteiger partial charge in [0.05, 0.1) is 6.10 Å². The molecular weight excluding hydrogens is 334 g/mol. The number of carboxylic acids is 1. The van der Waals surface area contributed by atoms with Crippen molar-refractivity contribution in [3.63, 3.8) is 0 Å². The highest BCUT2D eigenvalue weighted by molar-refractivity contribution is 5.81. The zero-order valence-corrected chi connectivity index (χ0v) is 14.6. The normalized spacial score (nSPS) is 14.9. The summed E-state index contributed by atoms with van der Waals surface area (Å²) in [4.78, 5) is 24.5. The maximum absolute atomic E-state index is 12.3. The molecule has 0 bridgehead atoms. The van der Waals surface area contributed by atoms with Gasteiger partial charge in [-0.05, 0) is 29.2 Å². The molecule has 2 atom stereocenters. The number of carboxylic acid groups (broad SMARTS) is 1. The largest absolute Gasteiger partial charge is 0.480 e. The lowest BCUT2D eigenvalue weighted by Crippen LogP contribution is -2.49. The van der Waals surface area contributed by atoms with Gasteiger partial charge in [-0.1, -0.05) is 48.5 Å². The Morgan fingerprint density at radius 2 is 1.58 bits per heavy atom. The number of hydrogen-bond acceptors (Lipinski definition) is 4. The number of nitrogens with zero attached hydrogens (tertiary/aromatic N) is 1. The topological polar surface area (TPSA) is 87.1 Å². The van der Waals surface area contributed by atoms with Gasteiger partial charge in [0.2, 0.25) is 0 Å². The standard InChI is InChI=1S/C20H21NO5/c1-12(22)18(19(23)24)21(2)20(25)26-11-17-15-9-5-3-7-13(15)14-8-4-6-10-16(14)17/h3-10,12,17-18,22H,11H2,1-2H3,(H,23,24)/t12-,18-/m1/s1. The first-order chi connectivity index (χ1) is 12.4. The fourth-order valence-electron chi connectivity index (χ4n) is 3.50. The van der Waals surface area contributed by atoms with E-state index in [4.69, 9.17) is 4.74 Å². The fourth-order valence-corrected chi connectivity index (χ4v) is 3.50. The molecule has 0 aliphatic heterocycles. The molecule has 0 saturated carbocycles. The third kappa shape index (κ3) is 3.15. The number of aliphatic hydroxyl groups is 1. The molecule has 1 aliphatic rings. The minimum absolute atomic E-state index is 0.101. The Labute approximate surface area is 151 Å². The second kappa shape index (κ2) is 7.17. The lowest BCUT2D eigenvalue weighted by Gasteiger charge is -2.26. The molecule has 0 saturated heterocycles. The Hall–Kier alpha value is -2.86. The molecule has 1 aliphatic carbocycles. The van der Waals surface area contributed by atoms with Crippen LogP contribution in [-0.2, 0) is 9.53 Å². The Bertz CT molecular complexity index is 787. The number of benzene rings is 2. The van der Waals surface area contributed by atoms with Crippen molar-refractivity contribution in [2.24, 2.45) is 0 Å². The van der Waals surface area contributed by atoms with Crippen molar-refractivity contribution in [3.8, 4) is 11.1 Å². The molecule has 2 N–H and O–H groups in total. The van der Waals surface area contributed by atoms with Gasteiger partial charge in [0.15, 0.2) is 6.04 Å². The number of rotatable bonds is 5. The third-order valence-corrected chi connectivity index (χ3v) is 4.75. The van der Waals surface area contributed by atoms with Crippen LogP contribution in [0.1, 0.15) is 24.0 Å². The Morgan fingerprint density at radius 3 is 2.04 bits per heavy atom. The minimum Gasteiger partial charge on any atom is -0.480 e. The summed E-state index contributed by atoms with van der Waals surface area (Å²) in [6.45, 7) is 1.43. The summed E-state index contributed by atoms with van der Waals surface area (Å²) in [5.41, 5.74) is 4.39. The van der Waals surface area contributed by atoms with E-state index in [-0.39, 0.29) is 12.5 Å². The molecular formula is C20H21NO5. The average Bonchev–Trinajstić information content (AvgIpc) is 2.93. The summed E-state index contributed by atoms with van der Waals surface area (Å²) in [6.07, 6.45) is -1.99. The van der Waals surface area contributed by atoms with Crippen molar-refractivity contribution in [1.82, 2.24) is 4.90 Å². The number of carbonyl (C=O) groups excluding carboxylic acids is 1. The summed E-state index contributed by atoms with van der Waals surface area (Å²) < 4.78 is 5.40. The molecule has 2 aromatic carbocycles. The number of aliphatic carboxylic acids is 1. The highest BCUT2D eigenvalue weighted by Crippen LogP contribution is 2.44. The van der Waals surface area contributed by atoms with Crippen LogP contribution in [0.15, 0.2) is 48.5 Å². The van der Waals surface area contributed by atoms with Crippen LogP contribution < -0.4 is 0 Å². The zero-order valence-electron chi connectivity index (χ0n) is 14.6. The summed E-state index contributed by atoms with van der Waals surface area (Å²) in [5.74, 6) is -1.38. The van der Waals surface area contributed by atoms with E-state index in [1.807, 2.05) is 48.5 Å². The van der Waals surface area contributed by atoms with E-state index in [0.29, 0.717) is 0 Å². The molecule has 0 unspecified atom stereocenters. The van der Waals surface area contributed by atoms with E-state index >= 15 is 0 Å². The number of ether oxygens (including phenoxy) is 1. The Kier molecular flexibility index (Phi) is 4.95. The van der Waals surface area contributed by atoms with Crippen LogP contribution in [0.5, 0.6) is 0 Å². The van der Waals surface area contributed by atoms with Crippen LogP contribution in [-0.4, -0.2) is 53.0 Å². The lowest BCUT2D eigenvalue weighted by molar-refractivity contribution is -0.145. The van der Waals surface area contributed by atoms with Gasteiger partial charge in [-0.2, -0.15) is 0 Å². The maximum atomic E-state index is 12.3. The van der Waals surface area contributed by atoms with Crippen LogP contribution in [0.2, 0.25) is 0 Å². The van der Waals surface area contributed by atoms with E-state index in [1.54, 1.807) is 0 Å². The second-order valence-electron chi connectivity index (χ2n) is 6.44. The zero-order chi connectivity index (χ0) is 18.8. The summed E-state index contributed by atoms with van der Waals surface area (Å²) in [5, 5.41) is 18.8. The third-order valence-electron chi connectivity index (χ3n) is 4.75. The number of likely N-dealkylation sites (N-methyl/N-ethyl adjacent to an activating group) is 1. The van der Waals surface area contributed by atoms with Gasteiger partial charge in [0.25, 0.3) is 0 Å². The average molecular weight is 355 g/mol. The van der Waals surface area contributed by atoms with E-state index in [1.165, 1.54) is 14.0 Å². The van der Waals surface area contributed by atoms with Crippen molar-refractivity contribution >= 4 is 12.1 Å². The van der Waals surface area contributed by atoms with Gasteiger partial charge in [-0.15, -0.1) is 0 Å². The number of amides is 1. The quantitative estimate of drug-likeness (QED) is 0.861. The number of carbonyl (C=O) groups is 2. The molecule has 2 aromatic rings. The Morgan fingerprint density at radius 1 is 1.08 bits per heavy atom.